The van der Waals surface area contributed by atoms with Crippen molar-refractivity contribution in [3.8, 4) is 11.8 Å². The molecule has 4 rings (SSSR count). The van der Waals surface area contributed by atoms with Gasteiger partial charge in [-0.1, -0.05) is 24.1 Å². The minimum Gasteiger partial charge on any atom is -0.403 e. The molecule has 0 fully saturated rings. The van der Waals surface area contributed by atoms with E-state index in [1.54, 1.807) is 37.7 Å². The quantitative estimate of drug-likeness (QED) is 0.213. The smallest absolute Gasteiger partial charge is 0.403 e. The summed E-state index contributed by atoms with van der Waals surface area (Å²) in [5, 5.41) is 5.87. The number of nitrogens with one attached hydrogen (secondary N) is 2. The maximum absolute atomic E-state index is 13.1. The fourth-order valence-electron chi connectivity index (χ4n) is 4.03. The first-order valence-electron chi connectivity index (χ1n) is 12.7. The van der Waals surface area contributed by atoms with Gasteiger partial charge < -0.3 is 21.1 Å². The van der Waals surface area contributed by atoms with Crippen molar-refractivity contribution in [2.75, 3.05) is 25.6 Å². The second-order valence-electron chi connectivity index (χ2n) is 9.15. The number of aliphatic imine (C=N–C) groups is 1. The van der Waals surface area contributed by atoms with Gasteiger partial charge in [-0.2, -0.15) is 13.2 Å². The lowest BCUT2D eigenvalue weighted by Crippen LogP contribution is -2.35. The molecule has 0 spiro atoms. The largest absolute Gasteiger partial charge is 0.416 e. The molecule has 1 aromatic carbocycles. The highest BCUT2D eigenvalue weighted by Gasteiger charge is 2.33. The van der Waals surface area contributed by atoms with Crippen LogP contribution in [0.2, 0.25) is 0 Å². The number of ether oxygens (including phenoxy) is 1. The van der Waals surface area contributed by atoms with E-state index < -0.39 is 23.7 Å². The maximum Gasteiger partial charge on any atom is 0.416 e. The Morgan fingerprint density at radius 1 is 1.32 bits per heavy atom. The Balaban J connectivity index is 1.52. The summed E-state index contributed by atoms with van der Waals surface area (Å²) < 4.78 is 46.0. The zero-order chi connectivity index (χ0) is 29.4. The van der Waals surface area contributed by atoms with E-state index in [2.05, 4.69) is 32.5 Å². The Labute approximate surface area is 235 Å². The number of amides is 1. The number of alkyl halides is 3. The van der Waals surface area contributed by atoms with Crippen LogP contribution in [0.5, 0.6) is 0 Å². The minimum atomic E-state index is -4.47. The van der Waals surface area contributed by atoms with Crippen LogP contribution in [0.15, 0.2) is 83.4 Å². The number of hydrogen-bond acceptors (Lipinski definition) is 6. The first-order valence-corrected chi connectivity index (χ1v) is 12.7. The number of methoxy groups -OCH3 is 1. The molecule has 2 aromatic heterocycles. The average Bonchev–Trinajstić information content (AvgIpc) is 3.37. The molecule has 41 heavy (non-hydrogen) atoms. The molecule has 212 valence electrons. The number of nitrogens with zero attached hydrogens (tertiary/aromatic N) is 3. The summed E-state index contributed by atoms with van der Waals surface area (Å²) in [6.45, 7) is 2.86. The lowest BCUT2D eigenvalue weighted by Gasteiger charge is -2.19. The molecule has 0 radical (unpaired) electrons. The van der Waals surface area contributed by atoms with Gasteiger partial charge in [-0.15, -0.1) is 0 Å². The normalized spacial score (nSPS) is 15.5. The summed E-state index contributed by atoms with van der Waals surface area (Å²) in [6.07, 6.45) is 5.75. The predicted octanol–water partition coefficient (Wildman–Crippen LogP) is 4.52. The molecular weight excluding hydrogens is 533 g/mol. The Kier molecular flexibility index (Phi) is 9.26. The number of imidazole rings is 1. The zero-order valence-electron chi connectivity index (χ0n) is 22.5. The Morgan fingerprint density at radius 3 is 2.90 bits per heavy atom. The molecular formula is C30H29F3N6O2. The Hall–Kier alpha value is -4.82. The number of carbonyl (C=O) groups is 1. The van der Waals surface area contributed by atoms with Crippen LogP contribution in [-0.2, 0) is 4.74 Å². The third-order valence-electron chi connectivity index (χ3n) is 6.19. The number of benzene rings is 1. The molecule has 0 saturated carbocycles. The van der Waals surface area contributed by atoms with Gasteiger partial charge in [0, 0.05) is 36.8 Å². The van der Waals surface area contributed by atoms with Crippen molar-refractivity contribution >= 4 is 23.5 Å². The van der Waals surface area contributed by atoms with Crippen molar-refractivity contribution in [2.45, 2.75) is 25.6 Å². The number of carbonyl (C=O) groups excluding carboxylic acids is 1. The zero-order valence-corrected chi connectivity index (χ0v) is 22.5. The molecule has 0 saturated heterocycles. The van der Waals surface area contributed by atoms with Gasteiger partial charge in [0.2, 0.25) is 0 Å². The van der Waals surface area contributed by atoms with Crippen LogP contribution >= 0.6 is 0 Å². The molecule has 4 N–H and O–H groups in total. The Morgan fingerprint density at radius 2 is 2.15 bits per heavy atom. The number of fused-ring (bicyclic) bond motifs is 1. The van der Waals surface area contributed by atoms with Crippen molar-refractivity contribution < 1.29 is 22.7 Å². The van der Waals surface area contributed by atoms with Gasteiger partial charge in [-0.05, 0) is 55.2 Å². The van der Waals surface area contributed by atoms with Crippen LogP contribution in [0.3, 0.4) is 0 Å². The first kappa shape index (κ1) is 29.2. The monoisotopic (exact) mass is 562 g/mol. The SMILES string of the molecule is COCCN=CC(=CN)Nc1cccn2c(C#Cc3cc(C(=O)NC4C=C(C(F)(F)F)C=CC4)ccc3C)cnc12. The van der Waals surface area contributed by atoms with Crippen LogP contribution in [0.1, 0.15) is 33.6 Å². The average molecular weight is 563 g/mol. The van der Waals surface area contributed by atoms with Gasteiger partial charge in [-0.25, -0.2) is 4.98 Å². The highest BCUT2D eigenvalue weighted by molar-refractivity contribution is 5.95. The second kappa shape index (κ2) is 13.0. The summed E-state index contributed by atoms with van der Waals surface area (Å²) in [7, 11) is 1.61. The van der Waals surface area contributed by atoms with Crippen LogP contribution < -0.4 is 16.4 Å². The van der Waals surface area contributed by atoms with Crippen LogP contribution in [-0.4, -0.2) is 54.0 Å². The summed E-state index contributed by atoms with van der Waals surface area (Å²) in [5.74, 6) is 5.72. The number of rotatable bonds is 8. The van der Waals surface area contributed by atoms with E-state index in [1.807, 2.05) is 29.7 Å². The number of allylic oxidation sites excluding steroid dienone is 3. The van der Waals surface area contributed by atoms with Crippen molar-refractivity contribution in [3.63, 3.8) is 0 Å². The van der Waals surface area contributed by atoms with Gasteiger partial charge >= 0.3 is 6.18 Å². The summed E-state index contributed by atoms with van der Waals surface area (Å²) in [5.41, 5.74) is 9.25. The molecule has 11 heteroatoms. The molecule has 0 aliphatic heterocycles. The molecule has 1 aliphatic rings. The lowest BCUT2D eigenvalue weighted by atomic mass is 10.0. The van der Waals surface area contributed by atoms with Crippen LogP contribution in [0.4, 0.5) is 18.9 Å². The number of pyridine rings is 1. The van der Waals surface area contributed by atoms with E-state index in [-0.39, 0.29) is 6.42 Å². The van der Waals surface area contributed by atoms with Crippen LogP contribution in [0.25, 0.3) is 5.65 Å². The van der Waals surface area contributed by atoms with E-state index in [4.69, 9.17) is 10.5 Å². The second-order valence-corrected chi connectivity index (χ2v) is 9.15. The van der Waals surface area contributed by atoms with Gasteiger partial charge in [0.1, 0.15) is 5.69 Å². The minimum absolute atomic E-state index is 0.276. The van der Waals surface area contributed by atoms with Gasteiger partial charge in [0.25, 0.3) is 5.91 Å². The molecule has 1 unspecified atom stereocenters. The molecule has 1 atom stereocenters. The molecule has 2 heterocycles. The third kappa shape index (κ3) is 7.43. The van der Waals surface area contributed by atoms with E-state index in [9.17, 15) is 18.0 Å². The Bertz CT molecular complexity index is 1610. The molecule has 1 aliphatic carbocycles. The number of halogens is 3. The third-order valence-corrected chi connectivity index (χ3v) is 6.19. The lowest BCUT2D eigenvalue weighted by molar-refractivity contribution is -0.0887. The van der Waals surface area contributed by atoms with Crippen molar-refractivity contribution in [2.24, 2.45) is 10.7 Å². The van der Waals surface area contributed by atoms with Crippen molar-refractivity contribution in [3.05, 3.63) is 101 Å². The number of nitrogens with two attached hydrogens (primary N) is 1. The first-order chi connectivity index (χ1) is 19.7. The number of hydrogen-bond donors (Lipinski definition) is 3. The van der Waals surface area contributed by atoms with Gasteiger partial charge in [0.15, 0.2) is 5.65 Å². The number of aryl methyl sites for hydroxylation is 1. The summed E-state index contributed by atoms with van der Waals surface area (Å²) in [4.78, 5) is 21.6. The molecule has 0 bridgehead atoms. The molecule has 8 nitrogen and oxygen atoms in total. The van der Waals surface area contributed by atoms with E-state index in [0.29, 0.717) is 47.0 Å². The topological polar surface area (TPSA) is 106 Å². The fourth-order valence-corrected chi connectivity index (χ4v) is 4.03. The summed E-state index contributed by atoms with van der Waals surface area (Å²) in [6, 6.07) is 7.94. The van der Waals surface area contributed by atoms with E-state index >= 15 is 0 Å². The number of aromatic nitrogens is 2. The highest BCUT2D eigenvalue weighted by atomic mass is 19.4. The van der Waals surface area contributed by atoms with Crippen LogP contribution in [0, 0.1) is 18.8 Å². The van der Waals surface area contributed by atoms with Gasteiger partial charge in [-0.3, -0.25) is 14.2 Å². The van der Waals surface area contributed by atoms with Crippen molar-refractivity contribution in [1.82, 2.24) is 14.7 Å². The van der Waals surface area contributed by atoms with E-state index in [1.165, 1.54) is 12.3 Å². The van der Waals surface area contributed by atoms with E-state index in [0.717, 1.165) is 17.7 Å². The molecule has 3 aromatic rings. The predicted molar refractivity (Wildman–Crippen MR) is 153 cm³/mol. The maximum atomic E-state index is 13.1. The van der Waals surface area contributed by atoms with Gasteiger partial charge in [0.05, 0.1) is 42.3 Å². The highest BCUT2D eigenvalue weighted by Crippen LogP contribution is 2.29. The number of anilines is 1. The molecule has 1 amide bonds. The summed E-state index contributed by atoms with van der Waals surface area (Å²) >= 11 is 0. The fraction of sp³-hybridized carbons (Fsp3) is 0.233. The van der Waals surface area contributed by atoms with Crippen molar-refractivity contribution in [1.29, 1.82) is 0 Å². The standard InChI is InChI=1S/C30H29F3N6O2/c1-20-8-9-22(29(40)38-24-6-3-5-23(16-24)30(31,32)33)15-21(20)10-11-26-19-36-28-27(7-4-13-39(26)28)37-25(17-34)18-35-12-14-41-2/h3-5,7-9,13,15-19,24,37H,6,12,14,34H2,1-2H3,(H,38,40).